The summed E-state index contributed by atoms with van der Waals surface area (Å²) in [6.45, 7) is 6.25. The van der Waals surface area contributed by atoms with Crippen molar-refractivity contribution < 1.29 is 19.2 Å². The zero-order valence-corrected chi connectivity index (χ0v) is 24.4. The van der Waals surface area contributed by atoms with Crippen LogP contribution >= 0.6 is 0 Å². The first kappa shape index (κ1) is 28.6. The van der Waals surface area contributed by atoms with Gasteiger partial charge in [0.15, 0.2) is 0 Å². The minimum atomic E-state index is -0.583. The molecule has 1 aromatic rings. The average molecular weight is 551 g/mol. The molecule has 0 radical (unpaired) electrons. The van der Waals surface area contributed by atoms with Crippen LogP contribution in [0.15, 0.2) is 24.3 Å². The Morgan fingerprint density at radius 1 is 0.975 bits per heavy atom. The predicted molar refractivity (Wildman–Crippen MR) is 153 cm³/mol. The number of rotatable bonds is 7. The number of likely N-dealkylation sites (tertiary alicyclic amines) is 2. The molecule has 2 heterocycles. The van der Waals surface area contributed by atoms with Gasteiger partial charge in [0.25, 0.3) is 0 Å². The minimum Gasteiger partial charge on any atom is -0.349 e. The molecule has 2 N–H and O–H groups in total. The third kappa shape index (κ3) is 5.64. The van der Waals surface area contributed by atoms with E-state index in [4.69, 9.17) is 0 Å². The number of carbonyl (C=O) groups is 4. The Labute approximate surface area is 238 Å². The number of hydrogen-bond donors (Lipinski definition) is 2. The molecule has 6 atom stereocenters. The molecule has 5 rings (SSSR count). The molecule has 3 fully saturated rings. The number of nitrogens with one attached hydrogen (secondary N) is 2. The molecule has 8 heteroatoms. The van der Waals surface area contributed by atoms with Crippen LogP contribution in [0, 0.1) is 17.8 Å². The summed E-state index contributed by atoms with van der Waals surface area (Å²) in [5, 5.41) is 6.45. The summed E-state index contributed by atoms with van der Waals surface area (Å²) in [6, 6.07) is 7.10. The maximum atomic E-state index is 14.3. The SMILES string of the molecule is CC[C@@H](C)C(=O)N[C@H](C(=O)N1CC[C@@H]2[C@H]1[C@@H](C(=O)N[C@@H]1CCCc3ccccc31)CN2C(C)=O)C1CCCCC1. The van der Waals surface area contributed by atoms with Gasteiger partial charge in [0.05, 0.1) is 24.0 Å². The minimum absolute atomic E-state index is 0.0577. The lowest BCUT2D eigenvalue weighted by Crippen LogP contribution is -2.57. The van der Waals surface area contributed by atoms with Crippen molar-refractivity contribution in [1.82, 2.24) is 20.4 Å². The lowest BCUT2D eigenvalue weighted by molar-refractivity contribution is -0.141. The van der Waals surface area contributed by atoms with Crippen molar-refractivity contribution in [2.75, 3.05) is 13.1 Å². The molecule has 0 aromatic heterocycles. The summed E-state index contributed by atoms with van der Waals surface area (Å²) in [7, 11) is 0. The lowest BCUT2D eigenvalue weighted by atomic mass is 9.82. The molecule has 0 unspecified atom stereocenters. The summed E-state index contributed by atoms with van der Waals surface area (Å²) >= 11 is 0. The monoisotopic (exact) mass is 550 g/mol. The molecular weight excluding hydrogens is 504 g/mol. The summed E-state index contributed by atoms with van der Waals surface area (Å²) in [4.78, 5) is 57.5. The summed E-state index contributed by atoms with van der Waals surface area (Å²) in [6.07, 6.45) is 9.41. The van der Waals surface area contributed by atoms with E-state index in [0.717, 1.165) is 51.4 Å². The number of amides is 4. The molecule has 2 aliphatic carbocycles. The van der Waals surface area contributed by atoms with Crippen molar-refractivity contribution in [3.8, 4) is 0 Å². The van der Waals surface area contributed by atoms with Crippen molar-refractivity contribution >= 4 is 23.6 Å². The van der Waals surface area contributed by atoms with E-state index < -0.39 is 12.0 Å². The molecule has 1 aromatic carbocycles. The van der Waals surface area contributed by atoms with Gasteiger partial charge in [-0.25, -0.2) is 0 Å². The van der Waals surface area contributed by atoms with Gasteiger partial charge in [-0.2, -0.15) is 0 Å². The normalized spacial score (nSPS) is 27.9. The second kappa shape index (κ2) is 12.3. The zero-order chi connectivity index (χ0) is 28.4. The fourth-order valence-corrected chi connectivity index (χ4v) is 7.63. The topological polar surface area (TPSA) is 98.8 Å². The number of aryl methyl sites for hydroxylation is 1. The highest BCUT2D eigenvalue weighted by molar-refractivity contribution is 5.90. The summed E-state index contributed by atoms with van der Waals surface area (Å²) < 4.78 is 0. The fraction of sp³-hybridized carbons (Fsp3) is 0.688. The third-order valence-electron chi connectivity index (χ3n) is 10.1. The molecule has 4 aliphatic rings. The van der Waals surface area contributed by atoms with E-state index in [-0.39, 0.29) is 53.6 Å². The van der Waals surface area contributed by atoms with E-state index in [1.807, 2.05) is 30.9 Å². The van der Waals surface area contributed by atoms with Gasteiger partial charge >= 0.3 is 0 Å². The molecule has 4 amide bonds. The summed E-state index contributed by atoms with van der Waals surface area (Å²) in [5.74, 6) is -0.862. The van der Waals surface area contributed by atoms with Gasteiger partial charge in [0, 0.05) is 25.9 Å². The van der Waals surface area contributed by atoms with E-state index in [1.165, 1.54) is 11.1 Å². The first-order chi connectivity index (χ1) is 19.3. The van der Waals surface area contributed by atoms with E-state index in [1.54, 1.807) is 11.8 Å². The summed E-state index contributed by atoms with van der Waals surface area (Å²) in [5.41, 5.74) is 2.45. The van der Waals surface area contributed by atoms with Gasteiger partial charge in [0.2, 0.25) is 23.6 Å². The number of nitrogens with zero attached hydrogens (tertiary/aromatic N) is 2. The second-order valence-corrected chi connectivity index (χ2v) is 12.5. The van der Waals surface area contributed by atoms with Crippen LogP contribution in [0.1, 0.15) is 95.7 Å². The molecule has 2 aliphatic heterocycles. The van der Waals surface area contributed by atoms with Crippen LogP contribution in [0.3, 0.4) is 0 Å². The Morgan fingerprint density at radius 2 is 1.73 bits per heavy atom. The fourth-order valence-electron chi connectivity index (χ4n) is 7.63. The van der Waals surface area contributed by atoms with Crippen LogP contribution < -0.4 is 10.6 Å². The van der Waals surface area contributed by atoms with Crippen molar-refractivity contribution in [3.63, 3.8) is 0 Å². The smallest absolute Gasteiger partial charge is 0.245 e. The molecule has 1 saturated carbocycles. The highest BCUT2D eigenvalue weighted by atomic mass is 16.2. The van der Waals surface area contributed by atoms with Gasteiger partial charge in [0.1, 0.15) is 6.04 Å². The van der Waals surface area contributed by atoms with E-state index in [2.05, 4.69) is 22.8 Å². The first-order valence-electron chi connectivity index (χ1n) is 15.6. The molecule has 40 heavy (non-hydrogen) atoms. The molecule has 218 valence electrons. The first-order valence-corrected chi connectivity index (χ1v) is 15.6. The predicted octanol–water partition coefficient (Wildman–Crippen LogP) is 3.74. The largest absolute Gasteiger partial charge is 0.349 e. The Hall–Kier alpha value is -2.90. The Kier molecular flexibility index (Phi) is 8.81. The number of benzene rings is 1. The third-order valence-corrected chi connectivity index (χ3v) is 10.1. The van der Waals surface area contributed by atoms with E-state index in [0.29, 0.717) is 25.9 Å². The van der Waals surface area contributed by atoms with Gasteiger partial charge < -0.3 is 20.4 Å². The van der Waals surface area contributed by atoms with Crippen LogP contribution in [0.25, 0.3) is 0 Å². The maximum absolute atomic E-state index is 14.3. The van der Waals surface area contributed by atoms with Crippen molar-refractivity contribution in [2.45, 2.75) is 109 Å². The second-order valence-electron chi connectivity index (χ2n) is 12.5. The van der Waals surface area contributed by atoms with Gasteiger partial charge in [-0.3, -0.25) is 19.2 Å². The van der Waals surface area contributed by atoms with E-state index in [9.17, 15) is 19.2 Å². The van der Waals surface area contributed by atoms with Crippen molar-refractivity contribution in [2.24, 2.45) is 17.8 Å². The molecule has 0 bridgehead atoms. The standard InChI is InChI=1S/C32H46N4O4/c1-4-20(2)30(38)34-28(23-12-6-5-7-13-23)32(40)35-18-17-27-29(35)25(19-36(27)21(3)37)31(39)33-26-16-10-14-22-11-8-9-15-24(22)26/h8-9,11,15,20,23,25-29H,4-7,10,12-14,16-19H2,1-3H3,(H,33,39)(H,34,38)/t20-,25+,26-,27-,28+,29-/m1/s1. The van der Waals surface area contributed by atoms with Crippen LogP contribution in [0.4, 0.5) is 0 Å². The molecular formula is C32H46N4O4. The van der Waals surface area contributed by atoms with Crippen LogP contribution in [-0.4, -0.2) is 64.6 Å². The lowest BCUT2D eigenvalue weighted by Gasteiger charge is -2.36. The number of fused-ring (bicyclic) bond motifs is 2. The molecule has 8 nitrogen and oxygen atoms in total. The van der Waals surface area contributed by atoms with Crippen LogP contribution in [0.2, 0.25) is 0 Å². The van der Waals surface area contributed by atoms with Gasteiger partial charge in [-0.05, 0) is 62.0 Å². The average Bonchev–Trinajstić information content (AvgIpc) is 3.57. The molecule has 2 saturated heterocycles. The highest BCUT2D eigenvalue weighted by Gasteiger charge is 2.55. The molecule has 0 spiro atoms. The van der Waals surface area contributed by atoms with Crippen LogP contribution in [0.5, 0.6) is 0 Å². The van der Waals surface area contributed by atoms with Crippen molar-refractivity contribution in [1.29, 1.82) is 0 Å². The Bertz CT molecular complexity index is 1120. The maximum Gasteiger partial charge on any atom is 0.245 e. The van der Waals surface area contributed by atoms with Crippen molar-refractivity contribution in [3.05, 3.63) is 35.4 Å². The Balaban J connectivity index is 1.39. The quantitative estimate of drug-likeness (QED) is 0.540. The number of carbonyl (C=O) groups excluding carboxylic acids is 4. The van der Waals surface area contributed by atoms with Gasteiger partial charge in [-0.15, -0.1) is 0 Å². The highest BCUT2D eigenvalue weighted by Crippen LogP contribution is 2.39. The zero-order valence-electron chi connectivity index (χ0n) is 24.4. The van der Waals surface area contributed by atoms with E-state index >= 15 is 0 Å². The van der Waals surface area contributed by atoms with Crippen LogP contribution in [-0.2, 0) is 25.6 Å². The number of hydrogen-bond acceptors (Lipinski definition) is 4. The van der Waals surface area contributed by atoms with Gasteiger partial charge in [-0.1, -0.05) is 57.4 Å². The Morgan fingerprint density at radius 3 is 2.45 bits per heavy atom.